The Hall–Kier alpha value is -5.30. The number of carbonyl (C=O) groups is 2. The molecule has 0 saturated carbocycles. The van der Waals surface area contributed by atoms with Gasteiger partial charge in [-0.15, -0.1) is 0 Å². The number of ether oxygens (including phenoxy) is 4. The van der Waals surface area contributed by atoms with E-state index in [-0.39, 0.29) is 18.3 Å². The number of nitrogens with one attached hydrogen (secondary N) is 1. The van der Waals surface area contributed by atoms with Crippen LogP contribution in [0.3, 0.4) is 0 Å². The molecule has 0 radical (unpaired) electrons. The minimum Gasteiger partial charge on any atom is -0.493 e. The number of hydrogen-bond acceptors (Lipinski definition) is 7. The lowest BCUT2D eigenvalue weighted by Crippen LogP contribution is -2.36. The molecule has 1 N–H and O–H groups in total. The Kier molecular flexibility index (Phi) is 9.72. The molecule has 4 aromatic rings. The van der Waals surface area contributed by atoms with Gasteiger partial charge in [-0.05, 0) is 65.8 Å². The van der Waals surface area contributed by atoms with Crippen molar-refractivity contribution >= 4 is 11.8 Å². The highest BCUT2D eigenvalue weighted by molar-refractivity contribution is 6.04. The predicted octanol–water partition coefficient (Wildman–Crippen LogP) is 7.43. The first kappa shape index (κ1) is 31.7. The fraction of sp³-hybridized carbons (Fsp3) is 0.250. The first-order valence-electron chi connectivity index (χ1n) is 15.9. The molecule has 47 heavy (non-hydrogen) atoms. The molecule has 0 bridgehead atoms. The summed E-state index contributed by atoms with van der Waals surface area (Å²) in [6.45, 7) is 2.51. The highest BCUT2D eigenvalue weighted by Crippen LogP contribution is 2.47. The van der Waals surface area contributed by atoms with Gasteiger partial charge in [-0.1, -0.05) is 78.9 Å². The molecule has 7 heteroatoms. The Morgan fingerprint density at radius 3 is 2.23 bits per heavy atom. The van der Waals surface area contributed by atoms with E-state index < -0.39 is 11.9 Å². The van der Waals surface area contributed by atoms with Crippen LogP contribution in [0.2, 0.25) is 0 Å². The van der Waals surface area contributed by atoms with Gasteiger partial charge in [-0.3, -0.25) is 4.79 Å². The van der Waals surface area contributed by atoms with Crippen molar-refractivity contribution in [1.29, 1.82) is 0 Å². The molecule has 1 heterocycles. The van der Waals surface area contributed by atoms with E-state index in [0.717, 1.165) is 28.0 Å². The summed E-state index contributed by atoms with van der Waals surface area (Å²) in [6.07, 6.45) is 1.50. The van der Waals surface area contributed by atoms with E-state index in [4.69, 9.17) is 18.9 Å². The van der Waals surface area contributed by atoms with Crippen molar-refractivity contribution in [3.05, 3.63) is 148 Å². The molecule has 0 saturated heterocycles. The van der Waals surface area contributed by atoms with Crippen LogP contribution in [0.4, 0.5) is 0 Å². The maximum absolute atomic E-state index is 14.2. The summed E-state index contributed by atoms with van der Waals surface area (Å²) in [7, 11) is 3.21. The standard InChI is InChI=1S/C40H39NO6/c1-26-37(40(43)46-20-19-27-11-6-4-7-12-27)38(30-15-10-16-32(21-30)47-25-28-13-8-5-9-14-28)39-33(41-26)22-31(23-34(39)42)29-17-18-35(44-2)36(24-29)45-3/h4-18,21,24,31,38,41H,19-20,22-23,25H2,1-3H3/t31-,38-/m1/s1. The highest BCUT2D eigenvalue weighted by atomic mass is 16.5. The third-order valence-corrected chi connectivity index (χ3v) is 8.83. The summed E-state index contributed by atoms with van der Waals surface area (Å²) in [4.78, 5) is 28.0. The summed E-state index contributed by atoms with van der Waals surface area (Å²) in [6, 6.07) is 33.4. The third-order valence-electron chi connectivity index (χ3n) is 8.83. The minimum absolute atomic E-state index is 0.0128. The summed E-state index contributed by atoms with van der Waals surface area (Å²) >= 11 is 0. The second-order valence-corrected chi connectivity index (χ2v) is 11.8. The highest BCUT2D eigenvalue weighted by Gasteiger charge is 2.41. The lowest BCUT2D eigenvalue weighted by Gasteiger charge is -2.37. The number of ketones is 1. The molecule has 7 nitrogen and oxygen atoms in total. The van der Waals surface area contributed by atoms with Crippen molar-refractivity contribution < 1.29 is 28.5 Å². The van der Waals surface area contributed by atoms with E-state index in [1.807, 2.05) is 110 Å². The molecule has 1 aliphatic carbocycles. The number of esters is 1. The van der Waals surface area contributed by atoms with Gasteiger partial charge in [0.2, 0.25) is 0 Å². The molecule has 1 aliphatic heterocycles. The van der Waals surface area contributed by atoms with E-state index in [2.05, 4.69) is 5.32 Å². The van der Waals surface area contributed by atoms with Gasteiger partial charge < -0.3 is 24.3 Å². The molecule has 0 spiro atoms. The smallest absolute Gasteiger partial charge is 0.336 e. The molecule has 0 amide bonds. The topological polar surface area (TPSA) is 83.1 Å². The van der Waals surface area contributed by atoms with E-state index >= 15 is 0 Å². The minimum atomic E-state index is -0.602. The van der Waals surface area contributed by atoms with Crippen LogP contribution < -0.4 is 19.5 Å². The first-order chi connectivity index (χ1) is 22.9. The normalized spacial score (nSPS) is 17.5. The van der Waals surface area contributed by atoms with Gasteiger partial charge in [0.15, 0.2) is 17.3 Å². The molecule has 0 fully saturated rings. The second kappa shape index (κ2) is 14.4. The van der Waals surface area contributed by atoms with E-state index in [1.54, 1.807) is 14.2 Å². The Morgan fingerprint density at radius 2 is 1.51 bits per heavy atom. The molecule has 240 valence electrons. The lowest BCUT2D eigenvalue weighted by atomic mass is 9.71. The van der Waals surface area contributed by atoms with Crippen molar-refractivity contribution in [2.45, 2.75) is 44.6 Å². The van der Waals surface area contributed by atoms with Gasteiger partial charge in [-0.2, -0.15) is 0 Å². The first-order valence-corrected chi connectivity index (χ1v) is 15.9. The monoisotopic (exact) mass is 629 g/mol. The van der Waals surface area contributed by atoms with E-state index in [9.17, 15) is 9.59 Å². The zero-order valence-electron chi connectivity index (χ0n) is 27.0. The SMILES string of the molecule is COc1ccc([C@H]2CC(=O)C3=C(C2)NC(C)=C(C(=O)OCCc2ccccc2)[C@H]3c2cccc(OCc3ccccc3)c2)cc1OC. The number of dihydropyridines is 1. The van der Waals surface area contributed by atoms with Gasteiger partial charge in [0.1, 0.15) is 12.4 Å². The van der Waals surface area contributed by atoms with Crippen molar-refractivity contribution in [2.24, 2.45) is 0 Å². The van der Waals surface area contributed by atoms with Crippen LogP contribution >= 0.6 is 0 Å². The molecule has 2 aliphatic rings. The van der Waals surface area contributed by atoms with Crippen LogP contribution in [-0.4, -0.2) is 32.6 Å². The fourth-order valence-electron chi connectivity index (χ4n) is 6.49. The molecule has 0 aromatic heterocycles. The summed E-state index contributed by atoms with van der Waals surface area (Å²) < 4.78 is 23.0. The van der Waals surface area contributed by atoms with E-state index in [0.29, 0.717) is 60.0 Å². The largest absolute Gasteiger partial charge is 0.493 e. The number of hydrogen-bond donors (Lipinski definition) is 1. The van der Waals surface area contributed by atoms with Gasteiger partial charge in [0.25, 0.3) is 0 Å². The van der Waals surface area contributed by atoms with Crippen molar-refractivity contribution in [1.82, 2.24) is 5.32 Å². The number of methoxy groups -OCH3 is 2. The van der Waals surface area contributed by atoms with Crippen LogP contribution in [0.5, 0.6) is 17.2 Å². The number of Topliss-reactive ketones (excluding diaryl/α,β-unsaturated/α-hetero) is 1. The average molecular weight is 630 g/mol. The Labute approximate surface area is 275 Å². The van der Waals surface area contributed by atoms with Crippen LogP contribution in [0, 0.1) is 0 Å². The van der Waals surface area contributed by atoms with Gasteiger partial charge in [0.05, 0.1) is 26.4 Å². The number of carbonyl (C=O) groups excluding carboxylic acids is 2. The molecular weight excluding hydrogens is 590 g/mol. The lowest BCUT2D eigenvalue weighted by molar-refractivity contribution is -0.139. The molecule has 6 rings (SSSR count). The quantitative estimate of drug-likeness (QED) is 0.173. The predicted molar refractivity (Wildman–Crippen MR) is 180 cm³/mol. The van der Waals surface area contributed by atoms with Gasteiger partial charge in [0, 0.05) is 35.7 Å². The van der Waals surface area contributed by atoms with Crippen molar-refractivity contribution in [2.75, 3.05) is 20.8 Å². The Balaban J connectivity index is 1.32. The van der Waals surface area contributed by atoms with Crippen LogP contribution in [-0.2, 0) is 27.4 Å². The van der Waals surface area contributed by atoms with Gasteiger partial charge in [-0.25, -0.2) is 4.79 Å². The van der Waals surface area contributed by atoms with Gasteiger partial charge >= 0.3 is 5.97 Å². The number of rotatable bonds is 11. The fourth-order valence-corrected chi connectivity index (χ4v) is 6.49. The number of benzene rings is 4. The van der Waals surface area contributed by atoms with Crippen LogP contribution in [0.15, 0.2) is 126 Å². The Morgan fingerprint density at radius 1 is 0.787 bits per heavy atom. The van der Waals surface area contributed by atoms with Crippen LogP contribution in [0.25, 0.3) is 0 Å². The molecule has 0 unspecified atom stereocenters. The summed E-state index contributed by atoms with van der Waals surface area (Å²) in [5.74, 6) is 0.798. The van der Waals surface area contributed by atoms with Crippen molar-refractivity contribution in [3.8, 4) is 17.2 Å². The zero-order chi connectivity index (χ0) is 32.8. The summed E-state index contributed by atoms with van der Waals surface area (Å²) in [5, 5.41) is 3.45. The number of allylic oxidation sites excluding steroid dienone is 3. The average Bonchev–Trinajstić information content (AvgIpc) is 3.10. The van der Waals surface area contributed by atoms with E-state index in [1.165, 1.54) is 0 Å². The molecule has 4 aromatic carbocycles. The van der Waals surface area contributed by atoms with Crippen molar-refractivity contribution in [3.63, 3.8) is 0 Å². The Bertz CT molecular complexity index is 1810. The molecular formula is C40H39NO6. The van der Waals surface area contributed by atoms with Crippen LogP contribution in [0.1, 0.15) is 53.9 Å². The maximum atomic E-state index is 14.2. The zero-order valence-corrected chi connectivity index (χ0v) is 27.0. The third kappa shape index (κ3) is 7.09. The second-order valence-electron chi connectivity index (χ2n) is 11.8. The molecule has 2 atom stereocenters. The summed E-state index contributed by atoms with van der Waals surface area (Å²) in [5.41, 5.74) is 6.46. The maximum Gasteiger partial charge on any atom is 0.336 e.